The highest BCUT2D eigenvalue weighted by molar-refractivity contribution is 7.19. The van der Waals surface area contributed by atoms with E-state index in [9.17, 15) is 0 Å². The summed E-state index contributed by atoms with van der Waals surface area (Å²) in [6, 6.07) is 12.0. The van der Waals surface area contributed by atoms with Crippen molar-refractivity contribution < 1.29 is 4.74 Å². The summed E-state index contributed by atoms with van der Waals surface area (Å²) in [6.45, 7) is 3.07. The number of methoxy groups -OCH3 is 1. The van der Waals surface area contributed by atoms with Gasteiger partial charge < -0.3 is 10.1 Å². The van der Waals surface area contributed by atoms with Crippen LogP contribution in [-0.2, 0) is 0 Å². The first kappa shape index (κ1) is 15.5. The number of benzene rings is 1. The number of hydrogen-bond donors (Lipinski definition) is 1. The van der Waals surface area contributed by atoms with Gasteiger partial charge in [0.2, 0.25) is 0 Å². The summed E-state index contributed by atoms with van der Waals surface area (Å²) in [6.07, 6.45) is 4.69. The normalized spacial score (nSPS) is 10.5. The Labute approximate surface area is 140 Å². The average molecular weight is 325 g/mol. The second kappa shape index (κ2) is 7.24. The highest BCUT2D eigenvalue weighted by Gasteiger charge is 2.14. The minimum Gasteiger partial charge on any atom is -0.497 e. The number of hydrogen-bond acceptors (Lipinski definition) is 5. The van der Waals surface area contributed by atoms with Gasteiger partial charge in [-0.15, -0.1) is 0 Å². The van der Waals surface area contributed by atoms with E-state index in [1.807, 2.05) is 48.8 Å². The van der Waals surface area contributed by atoms with Crippen LogP contribution in [0.15, 0.2) is 48.8 Å². The van der Waals surface area contributed by atoms with E-state index in [0.717, 1.165) is 45.5 Å². The van der Waals surface area contributed by atoms with Gasteiger partial charge in [0.05, 0.1) is 17.7 Å². The smallest absolute Gasteiger partial charge is 0.183 e. The van der Waals surface area contributed by atoms with Crippen LogP contribution in [0.3, 0.4) is 0 Å². The molecule has 118 valence electrons. The Balaban J connectivity index is 2.04. The second-order valence-corrected chi connectivity index (χ2v) is 6.09. The average Bonchev–Trinajstić information content (AvgIpc) is 3.05. The third-order valence-corrected chi connectivity index (χ3v) is 4.52. The zero-order chi connectivity index (χ0) is 16.1. The van der Waals surface area contributed by atoms with Crippen molar-refractivity contribution in [3.8, 4) is 27.4 Å². The maximum Gasteiger partial charge on any atom is 0.183 e. The molecule has 0 bridgehead atoms. The summed E-state index contributed by atoms with van der Waals surface area (Å²) in [5, 5.41) is 4.33. The SMILES string of the molecule is CCCNc1nc(-c2ccc(OC)cc2)c(-c2ccncc2)s1. The first-order valence-corrected chi connectivity index (χ1v) is 8.43. The topological polar surface area (TPSA) is 47.0 Å². The van der Waals surface area contributed by atoms with Crippen molar-refractivity contribution in [2.75, 3.05) is 19.0 Å². The Morgan fingerprint density at radius 2 is 1.78 bits per heavy atom. The predicted molar refractivity (Wildman–Crippen MR) is 96.1 cm³/mol. The van der Waals surface area contributed by atoms with Crippen LogP contribution in [0.5, 0.6) is 5.75 Å². The molecule has 2 heterocycles. The summed E-state index contributed by atoms with van der Waals surface area (Å²) in [5.41, 5.74) is 3.20. The number of nitrogens with zero attached hydrogens (tertiary/aromatic N) is 2. The molecule has 0 unspecified atom stereocenters. The minimum absolute atomic E-state index is 0.846. The fraction of sp³-hybridized carbons (Fsp3) is 0.222. The van der Waals surface area contributed by atoms with Gasteiger partial charge in [0.25, 0.3) is 0 Å². The van der Waals surface area contributed by atoms with Crippen molar-refractivity contribution in [3.05, 3.63) is 48.8 Å². The van der Waals surface area contributed by atoms with Crippen molar-refractivity contribution in [3.63, 3.8) is 0 Å². The molecule has 2 aromatic heterocycles. The standard InChI is InChI=1S/C18H19N3OS/c1-3-10-20-18-21-16(13-4-6-15(22-2)7-5-13)17(23-18)14-8-11-19-12-9-14/h4-9,11-12H,3,10H2,1-2H3,(H,20,21). The number of thiazole rings is 1. The molecule has 1 aromatic carbocycles. The summed E-state index contributed by atoms with van der Waals surface area (Å²) in [5.74, 6) is 0.846. The lowest BCUT2D eigenvalue weighted by molar-refractivity contribution is 0.415. The monoisotopic (exact) mass is 325 g/mol. The highest BCUT2D eigenvalue weighted by Crippen LogP contribution is 2.39. The molecule has 0 amide bonds. The van der Waals surface area contributed by atoms with Gasteiger partial charge in [-0.3, -0.25) is 4.98 Å². The van der Waals surface area contributed by atoms with Crippen LogP contribution in [0.25, 0.3) is 21.7 Å². The molecule has 0 aliphatic heterocycles. The minimum atomic E-state index is 0.846. The van der Waals surface area contributed by atoms with Crippen molar-refractivity contribution >= 4 is 16.5 Å². The molecule has 23 heavy (non-hydrogen) atoms. The number of pyridine rings is 1. The largest absolute Gasteiger partial charge is 0.497 e. The van der Waals surface area contributed by atoms with Gasteiger partial charge in [0.15, 0.2) is 5.13 Å². The first-order chi connectivity index (χ1) is 11.3. The molecule has 0 fully saturated rings. The molecule has 5 heteroatoms. The third kappa shape index (κ3) is 3.51. The number of nitrogens with one attached hydrogen (secondary N) is 1. The summed E-state index contributed by atoms with van der Waals surface area (Å²) >= 11 is 1.68. The van der Waals surface area contributed by atoms with E-state index in [1.165, 1.54) is 0 Å². The molecule has 3 rings (SSSR count). The van der Waals surface area contributed by atoms with E-state index in [0.29, 0.717) is 0 Å². The lowest BCUT2D eigenvalue weighted by Gasteiger charge is -2.04. The molecule has 0 saturated carbocycles. The van der Waals surface area contributed by atoms with Gasteiger partial charge in [-0.2, -0.15) is 0 Å². The molecular formula is C18H19N3OS. The van der Waals surface area contributed by atoms with Crippen LogP contribution in [0, 0.1) is 0 Å². The van der Waals surface area contributed by atoms with Crippen molar-refractivity contribution in [2.45, 2.75) is 13.3 Å². The molecule has 0 spiro atoms. The van der Waals surface area contributed by atoms with E-state index < -0.39 is 0 Å². The molecular weight excluding hydrogens is 306 g/mol. The maximum absolute atomic E-state index is 5.24. The fourth-order valence-electron chi connectivity index (χ4n) is 2.27. The van der Waals surface area contributed by atoms with Crippen LogP contribution in [-0.4, -0.2) is 23.6 Å². The van der Waals surface area contributed by atoms with E-state index in [-0.39, 0.29) is 0 Å². The number of rotatable bonds is 6. The van der Waals surface area contributed by atoms with Crippen LogP contribution in [0.4, 0.5) is 5.13 Å². The number of ether oxygens (including phenoxy) is 1. The van der Waals surface area contributed by atoms with Crippen molar-refractivity contribution in [2.24, 2.45) is 0 Å². The Morgan fingerprint density at radius 3 is 2.43 bits per heavy atom. The van der Waals surface area contributed by atoms with Gasteiger partial charge in [0.1, 0.15) is 5.75 Å². The predicted octanol–water partition coefficient (Wildman–Crippen LogP) is 4.70. The first-order valence-electron chi connectivity index (χ1n) is 7.61. The highest BCUT2D eigenvalue weighted by atomic mass is 32.1. The van der Waals surface area contributed by atoms with Gasteiger partial charge in [0, 0.05) is 24.5 Å². The second-order valence-electron chi connectivity index (χ2n) is 5.09. The lowest BCUT2D eigenvalue weighted by Crippen LogP contribution is -1.98. The summed E-state index contributed by atoms with van der Waals surface area (Å²) < 4.78 is 5.24. The van der Waals surface area contributed by atoms with E-state index in [2.05, 4.69) is 17.2 Å². The fourth-order valence-corrected chi connectivity index (χ4v) is 3.29. The molecule has 0 aliphatic rings. The number of anilines is 1. The third-order valence-electron chi connectivity index (χ3n) is 3.46. The molecule has 1 N–H and O–H groups in total. The number of aromatic nitrogens is 2. The Kier molecular flexibility index (Phi) is 4.88. The van der Waals surface area contributed by atoms with Crippen molar-refractivity contribution in [1.29, 1.82) is 0 Å². The van der Waals surface area contributed by atoms with E-state index >= 15 is 0 Å². The molecule has 0 saturated heterocycles. The molecule has 3 aromatic rings. The zero-order valence-electron chi connectivity index (χ0n) is 13.2. The quantitative estimate of drug-likeness (QED) is 0.713. The molecule has 0 radical (unpaired) electrons. The van der Waals surface area contributed by atoms with E-state index in [4.69, 9.17) is 9.72 Å². The zero-order valence-corrected chi connectivity index (χ0v) is 14.1. The molecule has 4 nitrogen and oxygen atoms in total. The Morgan fingerprint density at radius 1 is 1.04 bits per heavy atom. The van der Waals surface area contributed by atoms with Crippen molar-refractivity contribution in [1.82, 2.24) is 9.97 Å². The maximum atomic E-state index is 5.24. The van der Waals surface area contributed by atoms with Gasteiger partial charge in [-0.05, 0) is 48.4 Å². The summed E-state index contributed by atoms with van der Waals surface area (Å²) in [7, 11) is 1.67. The van der Waals surface area contributed by atoms with Crippen LogP contribution in [0.1, 0.15) is 13.3 Å². The van der Waals surface area contributed by atoms with E-state index in [1.54, 1.807) is 18.4 Å². The van der Waals surface area contributed by atoms with Gasteiger partial charge in [-0.1, -0.05) is 18.3 Å². The molecule has 0 aliphatic carbocycles. The summed E-state index contributed by atoms with van der Waals surface area (Å²) in [4.78, 5) is 10.0. The lowest BCUT2D eigenvalue weighted by atomic mass is 10.1. The van der Waals surface area contributed by atoms with Crippen LogP contribution >= 0.6 is 11.3 Å². The Hall–Kier alpha value is -2.40. The van der Waals surface area contributed by atoms with Crippen LogP contribution < -0.4 is 10.1 Å². The van der Waals surface area contributed by atoms with Crippen LogP contribution in [0.2, 0.25) is 0 Å². The Bertz CT molecular complexity index is 754. The molecule has 0 atom stereocenters. The van der Waals surface area contributed by atoms with Gasteiger partial charge in [-0.25, -0.2) is 4.98 Å². The van der Waals surface area contributed by atoms with Gasteiger partial charge >= 0.3 is 0 Å².